The standard InChI is InChI=1S/C17H24ClNO7P2/c1-16(15-5-3-11-19-15,10-2-4-13-6-8-14(18)9-7-13)12-17(20,27(21,22)23)28(24,25)26/h3,5-9,11,19-20H,2,4,10,12H2,1H3,(H2,21,22,23)(H2,24,25,26). The van der Waals surface area contributed by atoms with Gasteiger partial charge in [0.05, 0.1) is 0 Å². The summed E-state index contributed by atoms with van der Waals surface area (Å²) < 4.78 is 23.6. The molecule has 0 spiro atoms. The minimum atomic E-state index is -5.54. The fraction of sp³-hybridized carbons (Fsp3) is 0.412. The average molecular weight is 452 g/mol. The molecule has 1 atom stereocenters. The Kier molecular flexibility index (Phi) is 7.02. The molecule has 0 radical (unpaired) electrons. The number of halogens is 1. The molecule has 1 aromatic carbocycles. The van der Waals surface area contributed by atoms with Crippen LogP contribution in [0.5, 0.6) is 0 Å². The van der Waals surface area contributed by atoms with Crippen molar-refractivity contribution in [3.05, 3.63) is 58.9 Å². The predicted molar refractivity (Wildman–Crippen MR) is 106 cm³/mol. The van der Waals surface area contributed by atoms with E-state index >= 15 is 0 Å². The Balaban J connectivity index is 2.29. The zero-order chi connectivity index (χ0) is 21.2. The number of aromatic amines is 1. The van der Waals surface area contributed by atoms with E-state index in [4.69, 9.17) is 11.6 Å². The largest absolute Gasteiger partial charge is 0.369 e. The summed E-state index contributed by atoms with van der Waals surface area (Å²) in [6, 6.07) is 10.5. The van der Waals surface area contributed by atoms with Crippen molar-refractivity contribution in [1.29, 1.82) is 0 Å². The van der Waals surface area contributed by atoms with Gasteiger partial charge in [-0.2, -0.15) is 0 Å². The van der Waals surface area contributed by atoms with Gasteiger partial charge < -0.3 is 29.7 Å². The molecule has 0 aliphatic rings. The van der Waals surface area contributed by atoms with Gasteiger partial charge in [0.25, 0.3) is 5.08 Å². The van der Waals surface area contributed by atoms with Gasteiger partial charge in [-0.3, -0.25) is 9.13 Å². The molecule has 0 amide bonds. The zero-order valence-corrected chi connectivity index (χ0v) is 17.7. The Morgan fingerprint density at radius 3 is 2.07 bits per heavy atom. The van der Waals surface area contributed by atoms with E-state index in [1.165, 1.54) is 0 Å². The second kappa shape index (κ2) is 8.42. The number of rotatable bonds is 9. The summed E-state index contributed by atoms with van der Waals surface area (Å²) in [5, 5.41) is 7.54. The molecule has 8 nitrogen and oxygen atoms in total. The van der Waals surface area contributed by atoms with Crippen LogP contribution in [0.4, 0.5) is 0 Å². The molecule has 0 bridgehead atoms. The lowest BCUT2D eigenvalue weighted by atomic mass is 9.78. The molecule has 1 aromatic heterocycles. The molecule has 0 saturated carbocycles. The van der Waals surface area contributed by atoms with Gasteiger partial charge in [-0.1, -0.05) is 30.7 Å². The maximum atomic E-state index is 11.8. The summed E-state index contributed by atoms with van der Waals surface area (Å²) >= 11 is 5.86. The number of aryl methyl sites for hydroxylation is 1. The highest BCUT2D eigenvalue weighted by Gasteiger charge is 2.62. The first-order valence-corrected chi connectivity index (χ1v) is 12.1. The zero-order valence-electron chi connectivity index (χ0n) is 15.2. The first-order chi connectivity index (χ1) is 12.8. The number of aliphatic hydroxyl groups is 1. The molecule has 0 fully saturated rings. The van der Waals surface area contributed by atoms with Gasteiger partial charge in [0.1, 0.15) is 0 Å². The summed E-state index contributed by atoms with van der Waals surface area (Å²) in [7, 11) is -11.1. The molecule has 156 valence electrons. The van der Waals surface area contributed by atoms with E-state index in [0.717, 1.165) is 5.56 Å². The van der Waals surface area contributed by atoms with Gasteiger partial charge in [-0.15, -0.1) is 0 Å². The maximum absolute atomic E-state index is 11.8. The van der Waals surface area contributed by atoms with Crippen LogP contribution < -0.4 is 0 Å². The van der Waals surface area contributed by atoms with E-state index in [1.807, 2.05) is 12.1 Å². The van der Waals surface area contributed by atoms with Crippen molar-refractivity contribution in [2.45, 2.75) is 43.1 Å². The third-order valence-corrected chi connectivity index (χ3v) is 8.91. The van der Waals surface area contributed by atoms with Crippen molar-refractivity contribution < 1.29 is 33.8 Å². The monoisotopic (exact) mass is 451 g/mol. The third kappa shape index (κ3) is 5.15. The van der Waals surface area contributed by atoms with Crippen molar-refractivity contribution in [2.24, 2.45) is 0 Å². The second-order valence-corrected chi connectivity index (χ2v) is 11.6. The summed E-state index contributed by atoms with van der Waals surface area (Å²) in [6.07, 6.45) is 2.28. The molecule has 2 aromatic rings. The van der Waals surface area contributed by atoms with Gasteiger partial charge in [0.2, 0.25) is 0 Å². The van der Waals surface area contributed by atoms with Crippen LogP contribution in [0.15, 0.2) is 42.6 Å². The van der Waals surface area contributed by atoms with Gasteiger partial charge >= 0.3 is 15.2 Å². The summed E-state index contributed by atoms with van der Waals surface area (Å²) in [4.78, 5) is 41.0. The lowest BCUT2D eigenvalue weighted by Gasteiger charge is -2.38. The molecule has 28 heavy (non-hydrogen) atoms. The number of benzene rings is 1. The molecule has 0 aliphatic heterocycles. The van der Waals surface area contributed by atoms with Gasteiger partial charge in [-0.05, 0) is 49.1 Å². The van der Waals surface area contributed by atoms with Crippen LogP contribution in [0.2, 0.25) is 5.02 Å². The number of hydrogen-bond donors (Lipinski definition) is 6. The quantitative estimate of drug-likeness (QED) is 0.320. The highest BCUT2D eigenvalue weighted by molar-refractivity contribution is 7.72. The van der Waals surface area contributed by atoms with E-state index in [0.29, 0.717) is 30.0 Å². The predicted octanol–water partition coefficient (Wildman–Crippen LogP) is 3.34. The van der Waals surface area contributed by atoms with Crippen LogP contribution in [0.1, 0.15) is 37.4 Å². The van der Waals surface area contributed by atoms with Crippen molar-refractivity contribution in [3.8, 4) is 0 Å². The molecule has 6 N–H and O–H groups in total. The third-order valence-electron chi connectivity index (χ3n) is 4.92. The number of aromatic nitrogens is 1. The molecular formula is C17H24ClNO7P2. The van der Waals surface area contributed by atoms with Crippen LogP contribution in [0.25, 0.3) is 0 Å². The minimum Gasteiger partial charge on any atom is -0.367 e. The molecular weight excluding hydrogens is 428 g/mol. The molecule has 0 saturated heterocycles. The van der Waals surface area contributed by atoms with Crippen LogP contribution in [0, 0.1) is 0 Å². The molecule has 1 heterocycles. The normalized spacial score (nSPS) is 15.4. The van der Waals surface area contributed by atoms with E-state index in [1.54, 1.807) is 37.4 Å². The van der Waals surface area contributed by atoms with Crippen molar-refractivity contribution in [3.63, 3.8) is 0 Å². The Morgan fingerprint density at radius 1 is 1.04 bits per heavy atom. The molecule has 2 rings (SSSR count). The average Bonchev–Trinajstić information content (AvgIpc) is 3.10. The topological polar surface area (TPSA) is 151 Å². The van der Waals surface area contributed by atoms with Crippen LogP contribution in [-0.4, -0.2) is 34.7 Å². The summed E-state index contributed by atoms with van der Waals surface area (Å²) in [5.41, 5.74) is 0.398. The SMILES string of the molecule is CC(CCCc1ccc(Cl)cc1)(CC(O)(P(=O)(O)O)P(=O)(O)O)c1ccc[nH]1. The maximum Gasteiger partial charge on any atom is 0.369 e. The molecule has 1 unspecified atom stereocenters. The smallest absolute Gasteiger partial charge is 0.367 e. The van der Waals surface area contributed by atoms with E-state index in [9.17, 15) is 33.8 Å². The number of H-pyrrole nitrogens is 1. The van der Waals surface area contributed by atoms with Crippen molar-refractivity contribution in [2.75, 3.05) is 0 Å². The van der Waals surface area contributed by atoms with Crippen molar-refractivity contribution in [1.82, 2.24) is 4.98 Å². The van der Waals surface area contributed by atoms with Crippen LogP contribution >= 0.6 is 26.8 Å². The first kappa shape index (κ1) is 23.3. The molecule has 0 aliphatic carbocycles. The summed E-state index contributed by atoms with van der Waals surface area (Å²) in [5.74, 6) is 0. The Bertz CT molecular complexity index is 853. The minimum absolute atomic E-state index is 0.318. The van der Waals surface area contributed by atoms with E-state index in [-0.39, 0.29) is 0 Å². The lowest BCUT2D eigenvalue weighted by Crippen LogP contribution is -2.38. The van der Waals surface area contributed by atoms with Crippen LogP contribution in [0.3, 0.4) is 0 Å². The number of nitrogens with one attached hydrogen (secondary N) is 1. The van der Waals surface area contributed by atoms with Crippen molar-refractivity contribution >= 4 is 26.8 Å². The van der Waals surface area contributed by atoms with Gasteiger partial charge in [0.15, 0.2) is 0 Å². The molecule has 11 heteroatoms. The van der Waals surface area contributed by atoms with Crippen LogP contribution in [-0.2, 0) is 21.0 Å². The highest BCUT2D eigenvalue weighted by Crippen LogP contribution is 2.70. The lowest BCUT2D eigenvalue weighted by molar-refractivity contribution is 0.0971. The van der Waals surface area contributed by atoms with E-state index < -0.39 is 32.1 Å². The first-order valence-electron chi connectivity index (χ1n) is 8.50. The Morgan fingerprint density at radius 2 is 1.61 bits per heavy atom. The van der Waals surface area contributed by atoms with E-state index in [2.05, 4.69) is 4.98 Å². The van der Waals surface area contributed by atoms with Gasteiger partial charge in [0, 0.05) is 28.7 Å². The fourth-order valence-corrected chi connectivity index (χ4v) is 5.85. The Hall–Kier alpha value is -0.950. The second-order valence-electron chi connectivity index (χ2n) is 7.16. The van der Waals surface area contributed by atoms with Gasteiger partial charge in [-0.25, -0.2) is 0 Å². The fourth-order valence-electron chi connectivity index (χ4n) is 3.26. The number of hydrogen-bond acceptors (Lipinski definition) is 3. The Labute approximate surface area is 167 Å². The highest BCUT2D eigenvalue weighted by atomic mass is 35.5. The summed E-state index contributed by atoms with van der Waals surface area (Å²) in [6.45, 7) is 1.61.